The van der Waals surface area contributed by atoms with Crippen LogP contribution in [0.1, 0.15) is 64.4 Å². The fourth-order valence-electron chi connectivity index (χ4n) is 5.05. The van der Waals surface area contributed by atoms with E-state index in [4.69, 9.17) is 9.47 Å². The highest BCUT2D eigenvalue weighted by Crippen LogP contribution is 2.38. The van der Waals surface area contributed by atoms with Gasteiger partial charge in [0.25, 0.3) is 5.91 Å². The van der Waals surface area contributed by atoms with Gasteiger partial charge in [-0.2, -0.15) is 0 Å². The van der Waals surface area contributed by atoms with Gasteiger partial charge in [0.15, 0.2) is 22.5 Å². The fraction of sp³-hybridized carbons (Fsp3) is 0.375. The van der Waals surface area contributed by atoms with E-state index in [-0.39, 0.29) is 24.2 Å². The van der Waals surface area contributed by atoms with E-state index in [1.807, 2.05) is 73.9 Å². The standard InChI is InChI=1S/C32H37N5O4S2/c1-4-37-27(19-41-24-16-15-21(3)17-25(24)40-5-2)35-36-32(37)42-20-28(38)34-31-29(23-13-9-10-14-26(23)43-31)30(39)33-18-22-11-7-6-8-12-22/h6-8,11-12,15-17H,4-5,9-10,13-14,18-20H2,1-3H3,(H,33,39)(H,34,38). The van der Waals surface area contributed by atoms with Crippen LogP contribution in [0, 0.1) is 6.92 Å². The van der Waals surface area contributed by atoms with E-state index in [1.54, 1.807) is 0 Å². The third kappa shape index (κ3) is 7.58. The van der Waals surface area contributed by atoms with Crippen LogP contribution in [-0.2, 0) is 37.3 Å². The first kappa shape index (κ1) is 30.6. The SMILES string of the molecule is CCOc1cc(C)ccc1OCc1nnc(SCC(=O)Nc2sc3c(c2C(=O)NCc2ccccc2)CCCC3)n1CC. The van der Waals surface area contributed by atoms with Gasteiger partial charge in [0.05, 0.1) is 17.9 Å². The third-order valence-corrected chi connectivity index (χ3v) is 9.32. The van der Waals surface area contributed by atoms with Crippen LogP contribution in [0.2, 0.25) is 0 Å². The lowest BCUT2D eigenvalue weighted by Crippen LogP contribution is -2.25. The van der Waals surface area contributed by atoms with Gasteiger partial charge in [0.1, 0.15) is 11.6 Å². The van der Waals surface area contributed by atoms with Crippen LogP contribution < -0.4 is 20.1 Å². The van der Waals surface area contributed by atoms with Crippen molar-refractivity contribution in [1.29, 1.82) is 0 Å². The van der Waals surface area contributed by atoms with E-state index in [0.29, 0.717) is 52.7 Å². The lowest BCUT2D eigenvalue weighted by molar-refractivity contribution is -0.113. The Morgan fingerprint density at radius 1 is 1.02 bits per heavy atom. The maximum atomic E-state index is 13.4. The Labute approximate surface area is 260 Å². The zero-order chi connectivity index (χ0) is 30.2. The number of hydrogen-bond donors (Lipinski definition) is 2. The molecule has 0 radical (unpaired) electrons. The molecule has 0 bridgehead atoms. The fourth-order valence-corrected chi connectivity index (χ4v) is 7.17. The number of ether oxygens (including phenoxy) is 2. The molecule has 2 N–H and O–H groups in total. The number of aryl methyl sites for hydroxylation is 2. The average Bonchev–Trinajstić information content (AvgIpc) is 3.59. The van der Waals surface area contributed by atoms with E-state index in [2.05, 4.69) is 20.8 Å². The molecule has 4 aromatic rings. The molecule has 11 heteroatoms. The number of nitrogens with zero attached hydrogens (tertiary/aromatic N) is 3. The summed E-state index contributed by atoms with van der Waals surface area (Å²) in [6, 6.07) is 15.6. The predicted molar refractivity (Wildman–Crippen MR) is 170 cm³/mol. The minimum absolute atomic E-state index is 0.138. The van der Waals surface area contributed by atoms with Gasteiger partial charge < -0.3 is 24.7 Å². The molecule has 2 aromatic heterocycles. The summed E-state index contributed by atoms with van der Waals surface area (Å²) in [5.74, 6) is 1.80. The molecule has 9 nitrogen and oxygen atoms in total. The van der Waals surface area contributed by atoms with Gasteiger partial charge in [0.2, 0.25) is 5.91 Å². The maximum absolute atomic E-state index is 13.4. The number of anilines is 1. The number of rotatable bonds is 13. The van der Waals surface area contributed by atoms with Crippen molar-refractivity contribution in [3.8, 4) is 11.5 Å². The Hall–Kier alpha value is -3.83. The van der Waals surface area contributed by atoms with Crippen molar-refractivity contribution in [2.75, 3.05) is 17.7 Å². The van der Waals surface area contributed by atoms with Gasteiger partial charge in [0, 0.05) is 18.0 Å². The minimum atomic E-state index is -0.190. The van der Waals surface area contributed by atoms with Crippen molar-refractivity contribution in [1.82, 2.24) is 20.1 Å². The first-order chi connectivity index (χ1) is 21.0. The second kappa shape index (κ2) is 14.6. The van der Waals surface area contributed by atoms with Crippen molar-refractivity contribution >= 4 is 39.9 Å². The molecule has 0 saturated carbocycles. The van der Waals surface area contributed by atoms with Gasteiger partial charge in [-0.3, -0.25) is 9.59 Å². The molecule has 2 amide bonds. The van der Waals surface area contributed by atoms with Crippen LogP contribution in [0.5, 0.6) is 11.5 Å². The number of benzene rings is 2. The first-order valence-electron chi connectivity index (χ1n) is 14.6. The largest absolute Gasteiger partial charge is 0.490 e. The molecule has 0 aliphatic heterocycles. The van der Waals surface area contributed by atoms with Gasteiger partial charge >= 0.3 is 0 Å². The molecular weight excluding hydrogens is 583 g/mol. The first-order valence-corrected chi connectivity index (χ1v) is 16.4. The van der Waals surface area contributed by atoms with Crippen molar-refractivity contribution in [2.45, 2.75) is 71.3 Å². The Morgan fingerprint density at radius 3 is 2.63 bits per heavy atom. The molecule has 0 fully saturated rings. The zero-order valence-corrected chi connectivity index (χ0v) is 26.4. The number of thioether (sulfide) groups is 1. The van der Waals surface area contributed by atoms with E-state index in [9.17, 15) is 9.59 Å². The summed E-state index contributed by atoms with van der Waals surface area (Å²) in [6.45, 7) is 7.78. The van der Waals surface area contributed by atoms with Crippen LogP contribution in [0.15, 0.2) is 53.7 Å². The Kier molecular flexibility index (Phi) is 10.4. The highest BCUT2D eigenvalue weighted by molar-refractivity contribution is 7.99. The summed E-state index contributed by atoms with van der Waals surface area (Å²) in [5, 5.41) is 16.0. The van der Waals surface area contributed by atoms with Crippen molar-refractivity contribution < 1.29 is 19.1 Å². The Morgan fingerprint density at radius 2 is 1.84 bits per heavy atom. The highest BCUT2D eigenvalue weighted by atomic mass is 32.2. The molecule has 1 aliphatic carbocycles. The van der Waals surface area contributed by atoms with Crippen LogP contribution in [-0.4, -0.2) is 38.9 Å². The molecule has 0 unspecified atom stereocenters. The number of amides is 2. The smallest absolute Gasteiger partial charge is 0.254 e. The topological polar surface area (TPSA) is 107 Å². The number of thiophene rings is 1. The normalized spacial score (nSPS) is 12.4. The third-order valence-electron chi connectivity index (χ3n) is 7.15. The number of aromatic nitrogens is 3. The van der Waals surface area contributed by atoms with Crippen LogP contribution in [0.3, 0.4) is 0 Å². The Bertz CT molecular complexity index is 1570. The number of carbonyl (C=O) groups excluding carboxylic acids is 2. The molecule has 2 aromatic carbocycles. The van der Waals surface area contributed by atoms with Gasteiger partial charge in [-0.1, -0.05) is 48.2 Å². The maximum Gasteiger partial charge on any atom is 0.254 e. The number of fused-ring (bicyclic) bond motifs is 1. The quantitative estimate of drug-likeness (QED) is 0.172. The van der Waals surface area contributed by atoms with Gasteiger partial charge in [-0.15, -0.1) is 21.5 Å². The molecule has 0 atom stereocenters. The van der Waals surface area contributed by atoms with Gasteiger partial charge in [-0.05, 0) is 75.3 Å². The summed E-state index contributed by atoms with van der Waals surface area (Å²) in [6.07, 6.45) is 3.92. The number of carbonyl (C=O) groups is 2. The molecular formula is C32H37N5O4S2. The molecule has 0 spiro atoms. The second-order valence-corrected chi connectivity index (χ2v) is 12.3. The van der Waals surface area contributed by atoms with E-state index >= 15 is 0 Å². The van der Waals surface area contributed by atoms with E-state index < -0.39 is 0 Å². The second-order valence-electron chi connectivity index (χ2n) is 10.2. The summed E-state index contributed by atoms with van der Waals surface area (Å²) in [4.78, 5) is 27.7. The summed E-state index contributed by atoms with van der Waals surface area (Å²) < 4.78 is 13.7. The molecule has 1 aliphatic rings. The van der Waals surface area contributed by atoms with Crippen molar-refractivity contribution in [3.05, 3.63) is 81.5 Å². The van der Waals surface area contributed by atoms with Crippen molar-refractivity contribution in [2.24, 2.45) is 0 Å². The van der Waals surface area contributed by atoms with E-state index in [1.165, 1.54) is 28.0 Å². The monoisotopic (exact) mass is 619 g/mol. The molecule has 0 saturated heterocycles. The highest BCUT2D eigenvalue weighted by Gasteiger charge is 2.26. The lowest BCUT2D eigenvalue weighted by Gasteiger charge is -2.13. The average molecular weight is 620 g/mol. The van der Waals surface area contributed by atoms with Crippen molar-refractivity contribution in [3.63, 3.8) is 0 Å². The summed E-state index contributed by atoms with van der Waals surface area (Å²) in [5.41, 5.74) is 3.79. The number of hydrogen-bond acceptors (Lipinski definition) is 8. The summed E-state index contributed by atoms with van der Waals surface area (Å²) in [7, 11) is 0. The predicted octanol–water partition coefficient (Wildman–Crippen LogP) is 6.19. The number of nitrogens with one attached hydrogen (secondary N) is 2. The van der Waals surface area contributed by atoms with Crippen LogP contribution >= 0.6 is 23.1 Å². The molecule has 5 rings (SSSR count). The summed E-state index contributed by atoms with van der Waals surface area (Å²) >= 11 is 2.83. The molecule has 43 heavy (non-hydrogen) atoms. The zero-order valence-electron chi connectivity index (χ0n) is 24.8. The van der Waals surface area contributed by atoms with Crippen LogP contribution in [0.25, 0.3) is 0 Å². The molecule has 2 heterocycles. The lowest BCUT2D eigenvalue weighted by atomic mass is 9.95. The Balaban J connectivity index is 1.23. The van der Waals surface area contributed by atoms with Gasteiger partial charge in [-0.25, -0.2) is 0 Å². The van der Waals surface area contributed by atoms with Crippen LogP contribution in [0.4, 0.5) is 5.00 Å². The molecule has 226 valence electrons. The minimum Gasteiger partial charge on any atom is -0.490 e. The van der Waals surface area contributed by atoms with E-state index in [0.717, 1.165) is 42.4 Å².